The van der Waals surface area contributed by atoms with E-state index in [-0.39, 0.29) is 0 Å². The van der Waals surface area contributed by atoms with E-state index in [1.807, 2.05) is 26.2 Å². The molecule has 0 bridgehead atoms. The van der Waals surface area contributed by atoms with Crippen LogP contribution < -0.4 is 10.1 Å². The fraction of sp³-hybridized carbons (Fsp3) is 0.417. The third kappa shape index (κ3) is 3.72. The molecule has 0 saturated carbocycles. The predicted octanol–water partition coefficient (Wildman–Crippen LogP) is 2.02. The van der Waals surface area contributed by atoms with Gasteiger partial charge in [0.2, 0.25) is 0 Å². The normalized spacial score (nSPS) is 10.9. The molecule has 0 aliphatic heterocycles. The van der Waals surface area contributed by atoms with Crippen LogP contribution in [-0.4, -0.2) is 25.7 Å². The van der Waals surface area contributed by atoms with E-state index in [2.05, 4.69) is 22.5 Å². The number of pyridine rings is 1. The van der Waals surface area contributed by atoms with Crippen LogP contribution in [0.15, 0.2) is 18.3 Å². The van der Waals surface area contributed by atoms with Crippen LogP contribution in [0.5, 0.6) is 5.75 Å². The summed E-state index contributed by atoms with van der Waals surface area (Å²) in [5.74, 6) is 0.839. The maximum atomic E-state index is 5.20. The number of hydrogen-bond donors (Lipinski definition) is 1. The number of aryl methyl sites for hydroxylation is 1. The third-order valence-corrected chi connectivity index (χ3v) is 2.15. The van der Waals surface area contributed by atoms with E-state index in [0.717, 1.165) is 30.0 Å². The Bertz CT molecular complexity index is 334. The van der Waals surface area contributed by atoms with E-state index in [4.69, 9.17) is 4.74 Å². The third-order valence-electron chi connectivity index (χ3n) is 2.15. The minimum atomic E-state index is 0.839. The number of nitrogens with zero attached hydrogens (tertiary/aromatic N) is 1. The zero-order chi connectivity index (χ0) is 11.1. The number of nitrogens with one attached hydrogen (secondary N) is 1. The second kappa shape index (κ2) is 6.19. The van der Waals surface area contributed by atoms with Gasteiger partial charge < -0.3 is 10.1 Å². The van der Waals surface area contributed by atoms with Crippen molar-refractivity contribution in [2.45, 2.75) is 13.3 Å². The Morgan fingerprint density at radius 2 is 2.33 bits per heavy atom. The molecule has 0 amide bonds. The van der Waals surface area contributed by atoms with Crippen molar-refractivity contribution < 1.29 is 4.74 Å². The van der Waals surface area contributed by atoms with Crippen LogP contribution in [0.1, 0.15) is 17.7 Å². The van der Waals surface area contributed by atoms with E-state index >= 15 is 0 Å². The summed E-state index contributed by atoms with van der Waals surface area (Å²) in [7, 11) is 3.61. The number of aromatic nitrogens is 1. The van der Waals surface area contributed by atoms with Gasteiger partial charge in [-0.2, -0.15) is 0 Å². The van der Waals surface area contributed by atoms with Gasteiger partial charge in [-0.15, -0.1) is 0 Å². The van der Waals surface area contributed by atoms with Crippen LogP contribution in [0.4, 0.5) is 0 Å². The molecular weight excluding hydrogens is 188 g/mol. The molecule has 0 spiro atoms. The summed E-state index contributed by atoms with van der Waals surface area (Å²) in [6.45, 7) is 2.93. The van der Waals surface area contributed by atoms with E-state index in [1.54, 1.807) is 7.11 Å². The zero-order valence-corrected chi connectivity index (χ0v) is 9.58. The molecule has 0 radical (unpaired) electrons. The van der Waals surface area contributed by atoms with E-state index in [1.165, 1.54) is 0 Å². The fourth-order valence-electron chi connectivity index (χ4n) is 1.27. The highest BCUT2D eigenvalue weighted by Gasteiger charge is 1.98. The van der Waals surface area contributed by atoms with Crippen molar-refractivity contribution in [1.29, 1.82) is 0 Å². The van der Waals surface area contributed by atoms with Gasteiger partial charge in [0.15, 0.2) is 0 Å². The van der Waals surface area contributed by atoms with Crippen molar-refractivity contribution in [2.75, 3.05) is 20.7 Å². The van der Waals surface area contributed by atoms with Crippen LogP contribution >= 0.6 is 0 Å². The highest BCUT2D eigenvalue weighted by atomic mass is 16.5. The Balaban J connectivity index is 2.65. The smallest absolute Gasteiger partial charge is 0.140 e. The summed E-state index contributed by atoms with van der Waals surface area (Å²) in [4.78, 5) is 4.26. The van der Waals surface area contributed by atoms with Gasteiger partial charge in [-0.3, -0.25) is 4.98 Å². The van der Waals surface area contributed by atoms with Crippen molar-refractivity contribution in [2.24, 2.45) is 0 Å². The van der Waals surface area contributed by atoms with Crippen molar-refractivity contribution in [3.05, 3.63) is 29.6 Å². The van der Waals surface area contributed by atoms with Gasteiger partial charge in [0.25, 0.3) is 0 Å². The van der Waals surface area contributed by atoms with Gasteiger partial charge in [0.05, 0.1) is 12.8 Å². The molecule has 1 heterocycles. The Morgan fingerprint density at radius 1 is 1.53 bits per heavy atom. The first kappa shape index (κ1) is 11.7. The largest absolute Gasteiger partial charge is 0.495 e. The summed E-state index contributed by atoms with van der Waals surface area (Å²) < 4.78 is 5.20. The topological polar surface area (TPSA) is 34.2 Å². The van der Waals surface area contributed by atoms with Crippen LogP contribution in [0.2, 0.25) is 0 Å². The Morgan fingerprint density at radius 3 is 3.00 bits per heavy atom. The molecular formula is C12H18N2O. The average Bonchev–Trinajstić information content (AvgIpc) is 2.26. The van der Waals surface area contributed by atoms with Crippen molar-refractivity contribution in [3.8, 4) is 5.75 Å². The molecule has 0 fully saturated rings. The lowest BCUT2D eigenvalue weighted by Crippen LogP contribution is -2.05. The lowest BCUT2D eigenvalue weighted by atomic mass is 10.2. The SMILES string of the molecule is CNCCC=Cc1cnc(C)c(OC)c1. The molecule has 1 N–H and O–H groups in total. The molecule has 1 rings (SSSR count). The minimum Gasteiger partial charge on any atom is -0.495 e. The molecule has 3 heteroatoms. The van der Waals surface area contributed by atoms with E-state index in [9.17, 15) is 0 Å². The molecule has 0 aliphatic carbocycles. The molecule has 0 aliphatic rings. The lowest BCUT2D eigenvalue weighted by Gasteiger charge is -2.03. The summed E-state index contributed by atoms with van der Waals surface area (Å²) in [5.41, 5.74) is 2.00. The first-order valence-corrected chi connectivity index (χ1v) is 5.09. The van der Waals surface area contributed by atoms with Crippen molar-refractivity contribution in [1.82, 2.24) is 10.3 Å². The quantitative estimate of drug-likeness (QED) is 0.748. The van der Waals surface area contributed by atoms with E-state index in [0.29, 0.717) is 0 Å². The van der Waals surface area contributed by atoms with Crippen LogP contribution in [0.25, 0.3) is 6.08 Å². The molecule has 1 aromatic rings. The average molecular weight is 206 g/mol. The summed E-state index contributed by atoms with van der Waals surface area (Å²) in [5, 5.41) is 3.09. The first-order chi connectivity index (χ1) is 7.27. The van der Waals surface area contributed by atoms with Gasteiger partial charge in [0.1, 0.15) is 5.75 Å². The lowest BCUT2D eigenvalue weighted by molar-refractivity contribution is 0.409. The van der Waals surface area contributed by atoms with Gasteiger partial charge in [-0.05, 0) is 38.6 Å². The van der Waals surface area contributed by atoms with Crippen LogP contribution in [0, 0.1) is 6.92 Å². The first-order valence-electron chi connectivity index (χ1n) is 5.09. The highest BCUT2D eigenvalue weighted by Crippen LogP contribution is 2.17. The summed E-state index contributed by atoms with van der Waals surface area (Å²) in [6, 6.07) is 2.00. The van der Waals surface area contributed by atoms with Crippen molar-refractivity contribution in [3.63, 3.8) is 0 Å². The van der Waals surface area contributed by atoms with Crippen molar-refractivity contribution >= 4 is 6.08 Å². The second-order valence-corrected chi connectivity index (χ2v) is 3.35. The maximum absolute atomic E-state index is 5.20. The van der Waals surface area contributed by atoms with Gasteiger partial charge >= 0.3 is 0 Å². The molecule has 0 atom stereocenters. The van der Waals surface area contributed by atoms with Gasteiger partial charge in [-0.25, -0.2) is 0 Å². The van der Waals surface area contributed by atoms with E-state index < -0.39 is 0 Å². The minimum absolute atomic E-state index is 0.839. The molecule has 3 nitrogen and oxygen atoms in total. The Kier molecular flexibility index (Phi) is 4.84. The molecule has 0 saturated heterocycles. The molecule has 82 valence electrons. The van der Waals surface area contributed by atoms with Crippen LogP contribution in [-0.2, 0) is 0 Å². The fourth-order valence-corrected chi connectivity index (χ4v) is 1.27. The van der Waals surface area contributed by atoms with Gasteiger partial charge in [-0.1, -0.05) is 12.2 Å². The maximum Gasteiger partial charge on any atom is 0.140 e. The number of rotatable bonds is 5. The number of ether oxygens (including phenoxy) is 1. The number of methoxy groups -OCH3 is 1. The Hall–Kier alpha value is -1.35. The highest BCUT2D eigenvalue weighted by molar-refractivity contribution is 5.51. The second-order valence-electron chi connectivity index (χ2n) is 3.35. The summed E-state index contributed by atoms with van der Waals surface area (Å²) in [6.07, 6.45) is 7.06. The predicted molar refractivity (Wildman–Crippen MR) is 63.1 cm³/mol. The monoisotopic (exact) mass is 206 g/mol. The van der Waals surface area contributed by atoms with Gasteiger partial charge in [0, 0.05) is 6.20 Å². The number of hydrogen-bond acceptors (Lipinski definition) is 3. The Labute approximate surface area is 91.2 Å². The molecule has 1 aromatic heterocycles. The van der Waals surface area contributed by atoms with Crippen LogP contribution in [0.3, 0.4) is 0 Å². The molecule has 0 aromatic carbocycles. The summed E-state index contributed by atoms with van der Waals surface area (Å²) >= 11 is 0. The standard InChI is InChI=1S/C12H18N2O/c1-10-12(15-3)8-11(9-14-10)6-4-5-7-13-2/h4,6,8-9,13H,5,7H2,1-3H3. The zero-order valence-electron chi connectivity index (χ0n) is 9.58. The molecule has 0 unspecified atom stereocenters. The molecule has 15 heavy (non-hydrogen) atoms.